The van der Waals surface area contributed by atoms with Gasteiger partial charge in [0.05, 0.1) is 0 Å². The summed E-state index contributed by atoms with van der Waals surface area (Å²) in [6.07, 6.45) is 1.35. The highest BCUT2D eigenvalue weighted by atomic mass is 32.2. The molecule has 2 rings (SSSR count). The first-order chi connectivity index (χ1) is 10.7. The van der Waals surface area contributed by atoms with Crippen LogP contribution in [0.1, 0.15) is 19.8 Å². The molecule has 0 spiro atoms. The molecule has 3 N–H and O–H groups in total. The minimum absolute atomic E-state index is 0.336. The Kier molecular flexibility index (Phi) is 6.13. The number of carbonyl (C=O) groups is 1. The van der Waals surface area contributed by atoms with Crippen molar-refractivity contribution >= 4 is 17.7 Å². The molecule has 6 heteroatoms. The Morgan fingerprint density at radius 1 is 1.41 bits per heavy atom. The summed E-state index contributed by atoms with van der Waals surface area (Å²) in [4.78, 5) is 13.1. The van der Waals surface area contributed by atoms with Crippen molar-refractivity contribution in [1.82, 2.24) is 10.8 Å². The minimum Gasteiger partial charge on any atom is -0.481 e. The van der Waals surface area contributed by atoms with Crippen LogP contribution >= 0.6 is 11.8 Å². The molecule has 0 aliphatic carbocycles. The van der Waals surface area contributed by atoms with Crippen LogP contribution in [-0.2, 0) is 4.79 Å². The Bertz CT molecular complexity index is 557. The van der Waals surface area contributed by atoms with E-state index < -0.39 is 4.75 Å². The average Bonchev–Trinajstić information content (AvgIpc) is 2.57. The first kappa shape index (κ1) is 16.7. The van der Waals surface area contributed by atoms with Gasteiger partial charge in [-0.05, 0) is 57.1 Å². The molecule has 1 amide bonds. The molecule has 1 aliphatic heterocycles. The molecule has 1 heterocycles. The lowest BCUT2D eigenvalue weighted by atomic mass is 9.96. The van der Waals surface area contributed by atoms with Crippen LogP contribution in [0.4, 0.5) is 0 Å². The van der Waals surface area contributed by atoms with Crippen LogP contribution in [0, 0.1) is 11.8 Å². The number of nitrogens with one attached hydrogen (secondary N) is 2. The van der Waals surface area contributed by atoms with Crippen molar-refractivity contribution in [1.29, 1.82) is 0 Å². The quantitative estimate of drug-likeness (QED) is 0.438. The monoisotopic (exact) mass is 320 g/mol. The van der Waals surface area contributed by atoms with E-state index in [1.54, 1.807) is 6.92 Å². The minimum atomic E-state index is -0.629. The van der Waals surface area contributed by atoms with Gasteiger partial charge in [0.1, 0.15) is 17.1 Å². The van der Waals surface area contributed by atoms with Gasteiger partial charge in [-0.25, -0.2) is 5.48 Å². The van der Waals surface area contributed by atoms with Crippen molar-refractivity contribution in [2.45, 2.75) is 29.4 Å². The zero-order valence-corrected chi connectivity index (χ0v) is 13.3. The van der Waals surface area contributed by atoms with Gasteiger partial charge in [-0.2, -0.15) is 0 Å². The number of hydrogen-bond donors (Lipinski definition) is 3. The number of benzene rings is 1. The summed E-state index contributed by atoms with van der Waals surface area (Å²) in [5, 5.41) is 12.3. The normalized spacial score (nSPS) is 16.3. The molecule has 5 nitrogen and oxygen atoms in total. The molecule has 0 aromatic heterocycles. The first-order valence-corrected chi connectivity index (χ1v) is 7.98. The highest BCUT2D eigenvalue weighted by Gasteiger charge is 2.40. The van der Waals surface area contributed by atoms with E-state index in [1.165, 1.54) is 11.8 Å². The van der Waals surface area contributed by atoms with Gasteiger partial charge in [0.15, 0.2) is 0 Å². The van der Waals surface area contributed by atoms with Gasteiger partial charge in [0, 0.05) is 4.90 Å². The van der Waals surface area contributed by atoms with Crippen LogP contribution in [-0.4, -0.2) is 35.6 Å². The van der Waals surface area contributed by atoms with Crippen LogP contribution in [0.3, 0.4) is 0 Å². The third kappa shape index (κ3) is 4.17. The van der Waals surface area contributed by atoms with E-state index in [2.05, 4.69) is 17.2 Å². The smallest absolute Gasteiger partial charge is 0.260 e. The second-order valence-corrected chi connectivity index (χ2v) is 6.43. The molecule has 1 aromatic carbocycles. The van der Waals surface area contributed by atoms with Crippen molar-refractivity contribution in [2.24, 2.45) is 0 Å². The molecule has 1 fully saturated rings. The SMILES string of the molecule is CC#CCOc1ccc(SC2(C(=O)NO)CCNCC2)cc1. The molecule has 1 saturated heterocycles. The molecule has 1 aromatic rings. The van der Waals surface area contributed by atoms with E-state index in [1.807, 2.05) is 29.7 Å². The van der Waals surface area contributed by atoms with Crippen molar-refractivity contribution < 1.29 is 14.7 Å². The van der Waals surface area contributed by atoms with E-state index in [4.69, 9.17) is 9.94 Å². The van der Waals surface area contributed by atoms with E-state index in [0.717, 1.165) is 23.7 Å². The van der Waals surface area contributed by atoms with Gasteiger partial charge in [0.25, 0.3) is 5.91 Å². The number of rotatable bonds is 5. The molecule has 0 unspecified atom stereocenters. The lowest BCUT2D eigenvalue weighted by Crippen LogP contribution is -2.49. The Balaban J connectivity index is 2.06. The zero-order valence-electron chi connectivity index (χ0n) is 12.5. The number of hydrogen-bond acceptors (Lipinski definition) is 5. The van der Waals surface area contributed by atoms with Gasteiger partial charge >= 0.3 is 0 Å². The van der Waals surface area contributed by atoms with E-state index >= 15 is 0 Å². The molecule has 0 saturated carbocycles. The number of amides is 1. The summed E-state index contributed by atoms with van der Waals surface area (Å²) in [7, 11) is 0. The van der Waals surface area contributed by atoms with Crippen molar-refractivity contribution in [3.8, 4) is 17.6 Å². The molecular weight excluding hydrogens is 300 g/mol. The molecule has 22 heavy (non-hydrogen) atoms. The Morgan fingerprint density at radius 3 is 2.68 bits per heavy atom. The van der Waals surface area contributed by atoms with E-state index in [0.29, 0.717) is 19.4 Å². The molecule has 0 atom stereocenters. The number of piperidine rings is 1. The summed E-state index contributed by atoms with van der Waals surface area (Å²) < 4.78 is 4.84. The lowest BCUT2D eigenvalue weighted by molar-refractivity contribution is -0.132. The van der Waals surface area contributed by atoms with Gasteiger partial charge < -0.3 is 10.1 Å². The Hall–Kier alpha value is -1.68. The third-order valence-electron chi connectivity index (χ3n) is 3.55. The van der Waals surface area contributed by atoms with Crippen LogP contribution in [0.2, 0.25) is 0 Å². The number of hydroxylamine groups is 1. The molecule has 0 bridgehead atoms. The second kappa shape index (κ2) is 8.08. The topological polar surface area (TPSA) is 70.6 Å². The molecule has 1 aliphatic rings. The fourth-order valence-corrected chi connectivity index (χ4v) is 3.60. The van der Waals surface area contributed by atoms with Gasteiger partial charge in [0.2, 0.25) is 0 Å². The second-order valence-electron chi connectivity index (χ2n) is 4.97. The average molecular weight is 320 g/mol. The Labute approximate surface area is 134 Å². The highest BCUT2D eigenvalue weighted by molar-refractivity contribution is 8.01. The summed E-state index contributed by atoms with van der Waals surface area (Å²) in [6.45, 7) is 3.66. The van der Waals surface area contributed by atoms with Gasteiger partial charge in [-0.3, -0.25) is 10.0 Å². The largest absolute Gasteiger partial charge is 0.481 e. The van der Waals surface area contributed by atoms with Crippen LogP contribution < -0.4 is 15.5 Å². The predicted molar refractivity (Wildman–Crippen MR) is 86.0 cm³/mol. The lowest BCUT2D eigenvalue weighted by Gasteiger charge is -2.34. The summed E-state index contributed by atoms with van der Waals surface area (Å²) >= 11 is 1.49. The fraction of sp³-hybridized carbons (Fsp3) is 0.438. The Morgan fingerprint density at radius 2 is 2.09 bits per heavy atom. The summed E-state index contributed by atoms with van der Waals surface area (Å²) in [5.41, 5.74) is 1.81. The molecule has 0 radical (unpaired) electrons. The maximum atomic E-state index is 12.1. The van der Waals surface area contributed by atoms with Gasteiger partial charge in [-0.15, -0.1) is 17.7 Å². The van der Waals surface area contributed by atoms with Crippen LogP contribution in [0.25, 0.3) is 0 Å². The maximum Gasteiger partial charge on any atom is 0.260 e. The molecular formula is C16H20N2O3S. The van der Waals surface area contributed by atoms with Crippen LogP contribution in [0.5, 0.6) is 5.75 Å². The standard InChI is InChI=1S/C16H20N2O3S/c1-2-3-12-21-13-4-6-14(7-5-13)22-16(15(19)18-20)8-10-17-11-9-16/h4-7,17,20H,8-12H2,1H3,(H,18,19). The first-order valence-electron chi connectivity index (χ1n) is 7.17. The fourth-order valence-electron chi connectivity index (χ4n) is 2.33. The summed E-state index contributed by atoms with van der Waals surface area (Å²) in [6, 6.07) is 7.58. The van der Waals surface area contributed by atoms with Crippen molar-refractivity contribution in [2.75, 3.05) is 19.7 Å². The van der Waals surface area contributed by atoms with E-state index in [9.17, 15) is 4.79 Å². The number of carbonyl (C=O) groups excluding carboxylic acids is 1. The third-order valence-corrected chi connectivity index (χ3v) is 5.04. The predicted octanol–water partition coefficient (Wildman–Crippen LogP) is 1.81. The van der Waals surface area contributed by atoms with E-state index in [-0.39, 0.29) is 5.91 Å². The molecule has 118 valence electrons. The van der Waals surface area contributed by atoms with Crippen LogP contribution in [0.15, 0.2) is 29.2 Å². The number of thioether (sulfide) groups is 1. The zero-order chi connectivity index (χ0) is 15.8. The highest BCUT2D eigenvalue weighted by Crippen LogP contribution is 2.40. The maximum absolute atomic E-state index is 12.1. The number of ether oxygens (including phenoxy) is 1. The summed E-state index contributed by atoms with van der Waals surface area (Å²) in [5.74, 6) is 6.03. The van der Waals surface area contributed by atoms with Crippen molar-refractivity contribution in [3.05, 3.63) is 24.3 Å². The van der Waals surface area contributed by atoms with Gasteiger partial charge in [-0.1, -0.05) is 5.92 Å². The van der Waals surface area contributed by atoms with Crippen molar-refractivity contribution in [3.63, 3.8) is 0 Å².